The van der Waals surface area contributed by atoms with Crippen LogP contribution in [-0.4, -0.2) is 22.1 Å². The number of hydrogen-bond acceptors (Lipinski definition) is 7. The van der Waals surface area contributed by atoms with Crippen molar-refractivity contribution < 1.29 is 19.2 Å². The van der Waals surface area contributed by atoms with Crippen LogP contribution in [0.25, 0.3) is 11.1 Å². The fourth-order valence-corrected chi connectivity index (χ4v) is 2.42. The number of ether oxygens (including phenoxy) is 1. The first-order valence-electron chi connectivity index (χ1n) is 7.13. The number of phenols is 1. The summed E-state index contributed by atoms with van der Waals surface area (Å²) in [4.78, 5) is 14.8. The smallest absolute Gasteiger partial charge is 0.278 e. The maximum atomic E-state index is 11.2. The zero-order valence-electron chi connectivity index (χ0n) is 13.1. The standard InChI is InChI=1S/C16H15N3O5/c1-9-18-12-4-3-11(6-15(12)24-9)17-8-10-5-16(23-2)14(20)7-13(10)19(21)22/h3-7,17,20H,8H2,1-2H3. The summed E-state index contributed by atoms with van der Waals surface area (Å²) < 4.78 is 10.5. The minimum Gasteiger partial charge on any atom is -0.504 e. The van der Waals surface area contributed by atoms with Gasteiger partial charge in [-0.25, -0.2) is 4.98 Å². The number of benzene rings is 2. The Balaban J connectivity index is 1.87. The fraction of sp³-hybridized carbons (Fsp3) is 0.188. The van der Waals surface area contributed by atoms with Crippen LogP contribution in [0.15, 0.2) is 34.7 Å². The van der Waals surface area contributed by atoms with Gasteiger partial charge in [-0.05, 0) is 18.2 Å². The zero-order valence-corrected chi connectivity index (χ0v) is 13.1. The predicted octanol–water partition coefficient (Wildman–Crippen LogP) is 3.37. The molecule has 3 aromatic rings. The number of nitro groups is 1. The van der Waals surface area contributed by atoms with Gasteiger partial charge in [0.1, 0.15) is 5.52 Å². The number of nitro benzene ring substituents is 1. The molecule has 0 aliphatic heterocycles. The summed E-state index contributed by atoms with van der Waals surface area (Å²) in [5, 5.41) is 24.0. The topological polar surface area (TPSA) is 111 Å². The van der Waals surface area contributed by atoms with E-state index in [2.05, 4.69) is 10.3 Å². The Morgan fingerprint density at radius 1 is 1.38 bits per heavy atom. The Labute approximate surface area is 136 Å². The lowest BCUT2D eigenvalue weighted by Gasteiger charge is -2.10. The Morgan fingerprint density at radius 2 is 2.17 bits per heavy atom. The van der Waals surface area contributed by atoms with Gasteiger partial charge in [-0.15, -0.1) is 0 Å². The van der Waals surface area contributed by atoms with E-state index >= 15 is 0 Å². The molecule has 2 N–H and O–H groups in total. The quantitative estimate of drug-likeness (QED) is 0.545. The van der Waals surface area contributed by atoms with Gasteiger partial charge in [0, 0.05) is 25.2 Å². The number of oxazole rings is 1. The molecule has 8 heteroatoms. The highest BCUT2D eigenvalue weighted by Gasteiger charge is 2.18. The molecule has 0 atom stereocenters. The van der Waals surface area contributed by atoms with E-state index in [9.17, 15) is 15.2 Å². The fourth-order valence-electron chi connectivity index (χ4n) is 2.42. The van der Waals surface area contributed by atoms with Gasteiger partial charge in [0.2, 0.25) is 0 Å². The van der Waals surface area contributed by atoms with Gasteiger partial charge in [-0.1, -0.05) is 0 Å². The van der Waals surface area contributed by atoms with Crippen LogP contribution in [0.2, 0.25) is 0 Å². The first kappa shape index (κ1) is 15.6. The molecule has 1 heterocycles. The molecule has 1 aromatic heterocycles. The molecule has 3 rings (SSSR count). The van der Waals surface area contributed by atoms with Crippen molar-refractivity contribution in [2.45, 2.75) is 13.5 Å². The molecule has 24 heavy (non-hydrogen) atoms. The van der Waals surface area contributed by atoms with Crippen LogP contribution >= 0.6 is 0 Å². The number of nitrogens with one attached hydrogen (secondary N) is 1. The van der Waals surface area contributed by atoms with Crippen molar-refractivity contribution in [1.82, 2.24) is 4.98 Å². The van der Waals surface area contributed by atoms with Crippen molar-refractivity contribution in [2.24, 2.45) is 0 Å². The molecule has 0 amide bonds. The average molecular weight is 329 g/mol. The van der Waals surface area contributed by atoms with Gasteiger partial charge >= 0.3 is 0 Å². The number of rotatable bonds is 5. The first-order valence-corrected chi connectivity index (χ1v) is 7.13. The predicted molar refractivity (Wildman–Crippen MR) is 87.4 cm³/mol. The molecule has 0 aliphatic rings. The number of aryl methyl sites for hydroxylation is 1. The maximum Gasteiger partial charge on any atom is 0.278 e. The van der Waals surface area contributed by atoms with Crippen LogP contribution in [0.5, 0.6) is 11.5 Å². The highest BCUT2D eigenvalue weighted by molar-refractivity contribution is 5.77. The average Bonchev–Trinajstić information content (AvgIpc) is 2.92. The van der Waals surface area contributed by atoms with Gasteiger partial charge in [-0.3, -0.25) is 10.1 Å². The monoisotopic (exact) mass is 329 g/mol. The second-order valence-corrected chi connectivity index (χ2v) is 5.18. The van der Waals surface area contributed by atoms with Crippen LogP contribution in [0.4, 0.5) is 11.4 Å². The number of hydrogen-bond donors (Lipinski definition) is 2. The number of aromatic hydroxyl groups is 1. The molecule has 0 unspecified atom stereocenters. The lowest BCUT2D eigenvalue weighted by Crippen LogP contribution is -2.04. The molecule has 124 valence electrons. The zero-order chi connectivity index (χ0) is 17.3. The van der Waals surface area contributed by atoms with Crippen molar-refractivity contribution in [3.05, 3.63) is 51.9 Å². The van der Waals surface area contributed by atoms with Crippen LogP contribution in [0, 0.1) is 17.0 Å². The molecule has 0 fully saturated rings. The highest BCUT2D eigenvalue weighted by Crippen LogP contribution is 2.34. The van der Waals surface area contributed by atoms with Gasteiger partial charge in [0.15, 0.2) is 23.0 Å². The first-order chi connectivity index (χ1) is 11.5. The van der Waals surface area contributed by atoms with Gasteiger partial charge in [0.05, 0.1) is 23.7 Å². The van der Waals surface area contributed by atoms with Crippen LogP contribution in [0.3, 0.4) is 0 Å². The third kappa shape index (κ3) is 2.94. The summed E-state index contributed by atoms with van der Waals surface area (Å²) in [6, 6.07) is 7.92. The molecule has 8 nitrogen and oxygen atoms in total. The molecule has 0 radical (unpaired) electrons. The van der Waals surface area contributed by atoms with Gasteiger partial charge < -0.3 is 19.6 Å². The molecule has 0 aliphatic carbocycles. The lowest BCUT2D eigenvalue weighted by atomic mass is 10.1. The number of aromatic nitrogens is 1. The largest absolute Gasteiger partial charge is 0.504 e. The van der Waals surface area contributed by atoms with E-state index in [1.54, 1.807) is 19.1 Å². The summed E-state index contributed by atoms with van der Waals surface area (Å²) in [6.07, 6.45) is 0. The molecule has 0 saturated heterocycles. The van der Waals surface area contributed by atoms with E-state index in [0.29, 0.717) is 17.0 Å². The normalized spacial score (nSPS) is 10.8. The summed E-state index contributed by atoms with van der Waals surface area (Å²) in [5.41, 5.74) is 2.33. The van der Waals surface area contributed by atoms with Gasteiger partial charge in [-0.2, -0.15) is 0 Å². The van der Waals surface area contributed by atoms with Crippen molar-refractivity contribution >= 4 is 22.5 Å². The molecule has 2 aromatic carbocycles. The van der Waals surface area contributed by atoms with E-state index in [0.717, 1.165) is 17.3 Å². The summed E-state index contributed by atoms with van der Waals surface area (Å²) in [5.74, 6) is 0.478. The number of fused-ring (bicyclic) bond motifs is 1. The van der Waals surface area contributed by atoms with Crippen molar-refractivity contribution in [3.8, 4) is 11.5 Å². The molecular formula is C16H15N3O5. The third-order valence-electron chi connectivity index (χ3n) is 3.56. The molecule has 0 spiro atoms. The maximum absolute atomic E-state index is 11.2. The van der Waals surface area contributed by atoms with Crippen molar-refractivity contribution in [2.75, 3.05) is 12.4 Å². The Hall–Kier alpha value is -3.29. The minimum atomic E-state index is -0.542. The van der Waals surface area contributed by atoms with E-state index < -0.39 is 4.92 Å². The van der Waals surface area contributed by atoms with E-state index in [1.165, 1.54) is 13.2 Å². The summed E-state index contributed by atoms with van der Waals surface area (Å²) >= 11 is 0. The van der Waals surface area contributed by atoms with Crippen molar-refractivity contribution in [1.29, 1.82) is 0 Å². The second kappa shape index (κ2) is 6.07. The SMILES string of the molecule is COc1cc(CNc2ccc3nc(C)oc3c2)c([N+](=O)[O-])cc1O. The van der Waals surface area contributed by atoms with E-state index in [4.69, 9.17) is 9.15 Å². The molecular weight excluding hydrogens is 314 g/mol. The minimum absolute atomic E-state index is 0.179. The Morgan fingerprint density at radius 3 is 2.88 bits per heavy atom. The van der Waals surface area contributed by atoms with Crippen LogP contribution < -0.4 is 10.1 Å². The Bertz CT molecular complexity index is 919. The molecule has 0 bridgehead atoms. The second-order valence-electron chi connectivity index (χ2n) is 5.18. The summed E-state index contributed by atoms with van der Waals surface area (Å²) in [7, 11) is 1.39. The number of anilines is 1. The number of phenolic OH excluding ortho intramolecular Hbond substituents is 1. The summed E-state index contributed by atoms with van der Waals surface area (Å²) in [6.45, 7) is 1.95. The Kier molecular flexibility index (Phi) is 3.95. The van der Waals surface area contributed by atoms with E-state index in [1.807, 2.05) is 6.07 Å². The van der Waals surface area contributed by atoms with E-state index in [-0.39, 0.29) is 23.7 Å². The number of nitrogens with zero attached hydrogens (tertiary/aromatic N) is 2. The highest BCUT2D eigenvalue weighted by atomic mass is 16.6. The van der Waals surface area contributed by atoms with Gasteiger partial charge in [0.25, 0.3) is 5.69 Å². The van der Waals surface area contributed by atoms with Crippen LogP contribution in [0.1, 0.15) is 11.5 Å². The lowest BCUT2D eigenvalue weighted by molar-refractivity contribution is -0.385. The van der Waals surface area contributed by atoms with Crippen LogP contribution in [-0.2, 0) is 6.54 Å². The number of methoxy groups -OCH3 is 1. The van der Waals surface area contributed by atoms with Crippen molar-refractivity contribution in [3.63, 3.8) is 0 Å². The molecule has 0 saturated carbocycles. The third-order valence-corrected chi connectivity index (χ3v) is 3.56.